The summed E-state index contributed by atoms with van der Waals surface area (Å²) in [5.74, 6) is 1.90. The number of carbonyl (C=O) groups is 1. The number of nitrogens with one attached hydrogen (secondary N) is 1. The van der Waals surface area contributed by atoms with E-state index in [2.05, 4.69) is 26.2 Å². The van der Waals surface area contributed by atoms with Gasteiger partial charge in [-0.05, 0) is 0 Å². The molecule has 11 nitrogen and oxygen atoms in total. The van der Waals surface area contributed by atoms with E-state index >= 15 is 0 Å². The van der Waals surface area contributed by atoms with E-state index < -0.39 is 31.1 Å². The predicted octanol–water partition coefficient (Wildman–Crippen LogP) is -0.728. The first-order chi connectivity index (χ1) is 13.4. The molecule has 0 radical (unpaired) electrons. The first kappa shape index (κ1) is 20.0. The lowest BCUT2D eigenvalue weighted by atomic mass is 10.1. The number of ether oxygens (including phenoxy) is 2. The normalized spacial score (nSPS) is 24.6. The van der Waals surface area contributed by atoms with Crippen LogP contribution in [0.2, 0.25) is 0 Å². The topological polar surface area (TPSA) is 158 Å². The largest absolute Gasteiger partial charge is 0.394 e. The fourth-order valence-corrected chi connectivity index (χ4v) is 2.89. The van der Waals surface area contributed by atoms with Crippen molar-refractivity contribution in [3.8, 4) is 12.3 Å². The van der Waals surface area contributed by atoms with Crippen molar-refractivity contribution >= 4 is 28.8 Å². The average molecular weight is 390 g/mol. The van der Waals surface area contributed by atoms with Gasteiger partial charge in [0.15, 0.2) is 23.2 Å². The molecule has 5 N–H and O–H groups in total. The Morgan fingerprint density at radius 3 is 2.93 bits per heavy atom. The standard InChI is InChI=1S/C17H22N6O5/c1-4-5-27-12-11(25)9(6-24)28-16(12)23-7-19-10-13(20-15(26)8(2)3)21-17(18)22-14(10)23/h1,7-9,11-12,16,24-25H,5-6H2,2-3H3,(H3,18,20,21,22,26)/t9-,11-,12-,16-/m1/s1. The SMILES string of the molecule is C#CCO[C@@H]1[C@H](O)[C@@H](CO)O[C@H]1n1cnc2c(NC(=O)C(C)C)nc(N)nc21. The number of anilines is 2. The molecule has 1 saturated heterocycles. The highest BCUT2D eigenvalue weighted by Crippen LogP contribution is 2.34. The van der Waals surface area contributed by atoms with E-state index in [-0.39, 0.29) is 35.8 Å². The van der Waals surface area contributed by atoms with Gasteiger partial charge in [-0.15, -0.1) is 6.42 Å². The molecule has 28 heavy (non-hydrogen) atoms. The molecule has 1 amide bonds. The lowest BCUT2D eigenvalue weighted by Crippen LogP contribution is -2.35. The van der Waals surface area contributed by atoms with Gasteiger partial charge in [-0.3, -0.25) is 9.36 Å². The van der Waals surface area contributed by atoms with E-state index in [0.29, 0.717) is 5.52 Å². The van der Waals surface area contributed by atoms with Crippen LogP contribution in [0.4, 0.5) is 11.8 Å². The van der Waals surface area contributed by atoms with Gasteiger partial charge in [-0.1, -0.05) is 19.8 Å². The third-order valence-corrected chi connectivity index (χ3v) is 4.33. The molecule has 2 aromatic heterocycles. The molecule has 3 rings (SSSR count). The summed E-state index contributed by atoms with van der Waals surface area (Å²) in [6, 6.07) is 0. The maximum atomic E-state index is 12.1. The Balaban J connectivity index is 2.02. The first-order valence-corrected chi connectivity index (χ1v) is 8.67. The number of aliphatic hydroxyl groups is 2. The number of nitrogens with two attached hydrogens (primary N) is 1. The van der Waals surface area contributed by atoms with Crippen LogP contribution >= 0.6 is 0 Å². The molecule has 0 aliphatic carbocycles. The molecular weight excluding hydrogens is 368 g/mol. The van der Waals surface area contributed by atoms with Gasteiger partial charge in [0.05, 0.1) is 12.9 Å². The third kappa shape index (κ3) is 3.63. The number of aliphatic hydroxyl groups excluding tert-OH is 2. The van der Waals surface area contributed by atoms with Crippen LogP contribution in [0, 0.1) is 18.3 Å². The molecular formula is C17H22N6O5. The smallest absolute Gasteiger partial charge is 0.228 e. The molecule has 1 aliphatic rings. The number of nitrogen functional groups attached to an aromatic ring is 1. The lowest BCUT2D eigenvalue weighted by molar-refractivity contribution is -0.118. The summed E-state index contributed by atoms with van der Waals surface area (Å²) in [6.45, 7) is 3.02. The maximum absolute atomic E-state index is 12.1. The van der Waals surface area contributed by atoms with Crippen LogP contribution in [0.5, 0.6) is 0 Å². The van der Waals surface area contributed by atoms with Crippen LogP contribution in [-0.2, 0) is 14.3 Å². The number of rotatable bonds is 6. The summed E-state index contributed by atoms with van der Waals surface area (Å²) in [7, 11) is 0. The zero-order valence-electron chi connectivity index (χ0n) is 15.4. The number of hydrogen-bond acceptors (Lipinski definition) is 9. The maximum Gasteiger partial charge on any atom is 0.228 e. The minimum absolute atomic E-state index is 0.0564. The molecule has 0 saturated carbocycles. The number of hydrogen-bond donors (Lipinski definition) is 4. The molecule has 2 aromatic rings. The van der Waals surface area contributed by atoms with E-state index in [1.807, 2.05) is 0 Å². The Kier molecular flexibility index (Phi) is 5.76. The van der Waals surface area contributed by atoms with Crippen LogP contribution in [0.25, 0.3) is 11.2 Å². The van der Waals surface area contributed by atoms with Crippen molar-refractivity contribution in [3.63, 3.8) is 0 Å². The van der Waals surface area contributed by atoms with Crippen molar-refractivity contribution in [2.24, 2.45) is 5.92 Å². The van der Waals surface area contributed by atoms with Gasteiger partial charge < -0.3 is 30.7 Å². The van der Waals surface area contributed by atoms with Gasteiger partial charge in [0, 0.05) is 5.92 Å². The second kappa shape index (κ2) is 8.07. The zero-order valence-corrected chi connectivity index (χ0v) is 15.4. The van der Waals surface area contributed by atoms with E-state index in [9.17, 15) is 15.0 Å². The van der Waals surface area contributed by atoms with E-state index in [4.69, 9.17) is 21.6 Å². The molecule has 11 heteroatoms. The Hall–Kier alpha value is -2.78. The summed E-state index contributed by atoms with van der Waals surface area (Å²) >= 11 is 0. The van der Waals surface area contributed by atoms with Crippen molar-refractivity contribution in [2.45, 2.75) is 38.4 Å². The van der Waals surface area contributed by atoms with Crippen molar-refractivity contribution in [1.29, 1.82) is 0 Å². The lowest BCUT2D eigenvalue weighted by Gasteiger charge is -2.21. The number of terminal acetylenes is 1. The van der Waals surface area contributed by atoms with Crippen molar-refractivity contribution in [1.82, 2.24) is 19.5 Å². The number of fused-ring (bicyclic) bond motifs is 1. The number of imidazole rings is 1. The zero-order chi connectivity index (χ0) is 20.4. The summed E-state index contributed by atoms with van der Waals surface area (Å²) in [5.41, 5.74) is 6.37. The van der Waals surface area contributed by atoms with E-state index in [0.717, 1.165) is 0 Å². The van der Waals surface area contributed by atoms with Gasteiger partial charge in [-0.2, -0.15) is 9.97 Å². The van der Waals surface area contributed by atoms with Crippen LogP contribution in [0.3, 0.4) is 0 Å². The molecule has 3 heterocycles. The van der Waals surface area contributed by atoms with Gasteiger partial charge in [0.2, 0.25) is 11.9 Å². The summed E-state index contributed by atoms with van der Waals surface area (Å²) < 4.78 is 12.7. The van der Waals surface area contributed by atoms with E-state index in [1.165, 1.54) is 10.9 Å². The number of carbonyl (C=O) groups excluding carboxylic acids is 1. The fourth-order valence-electron chi connectivity index (χ4n) is 2.89. The fraction of sp³-hybridized carbons (Fsp3) is 0.529. The van der Waals surface area contributed by atoms with Gasteiger partial charge in [-0.25, -0.2) is 4.98 Å². The first-order valence-electron chi connectivity index (χ1n) is 8.67. The van der Waals surface area contributed by atoms with E-state index in [1.54, 1.807) is 13.8 Å². The highest BCUT2D eigenvalue weighted by atomic mass is 16.6. The Morgan fingerprint density at radius 2 is 2.29 bits per heavy atom. The monoisotopic (exact) mass is 390 g/mol. The van der Waals surface area contributed by atoms with Gasteiger partial charge >= 0.3 is 0 Å². The molecule has 150 valence electrons. The third-order valence-electron chi connectivity index (χ3n) is 4.33. The molecule has 0 aromatic carbocycles. The Morgan fingerprint density at radius 1 is 1.54 bits per heavy atom. The van der Waals surface area contributed by atoms with Crippen LogP contribution in [-0.4, -0.2) is 67.2 Å². The van der Waals surface area contributed by atoms with Crippen molar-refractivity contribution in [3.05, 3.63) is 6.33 Å². The Bertz CT molecular complexity index is 907. The number of nitrogens with zero attached hydrogens (tertiary/aromatic N) is 4. The minimum Gasteiger partial charge on any atom is -0.394 e. The van der Waals surface area contributed by atoms with Crippen LogP contribution in [0.15, 0.2) is 6.33 Å². The molecule has 0 bridgehead atoms. The quantitative estimate of drug-likeness (QED) is 0.467. The summed E-state index contributed by atoms with van der Waals surface area (Å²) in [4.78, 5) is 24.5. The number of aromatic nitrogens is 4. The van der Waals surface area contributed by atoms with Crippen molar-refractivity contribution in [2.75, 3.05) is 24.3 Å². The predicted molar refractivity (Wildman–Crippen MR) is 98.8 cm³/mol. The highest BCUT2D eigenvalue weighted by molar-refractivity contribution is 5.98. The average Bonchev–Trinajstić information content (AvgIpc) is 3.20. The molecule has 1 fully saturated rings. The molecule has 0 unspecified atom stereocenters. The van der Waals surface area contributed by atoms with Gasteiger partial charge in [0.25, 0.3) is 0 Å². The number of amides is 1. The Labute approximate surface area is 160 Å². The van der Waals surface area contributed by atoms with Crippen molar-refractivity contribution < 1.29 is 24.5 Å². The molecule has 4 atom stereocenters. The molecule has 0 spiro atoms. The highest BCUT2D eigenvalue weighted by Gasteiger charge is 2.46. The van der Waals surface area contributed by atoms with Gasteiger partial charge in [0.1, 0.15) is 24.9 Å². The second-order valence-corrected chi connectivity index (χ2v) is 6.62. The van der Waals surface area contributed by atoms with Crippen LogP contribution < -0.4 is 11.1 Å². The second-order valence-electron chi connectivity index (χ2n) is 6.62. The van der Waals surface area contributed by atoms with Crippen LogP contribution in [0.1, 0.15) is 20.1 Å². The minimum atomic E-state index is -1.11. The summed E-state index contributed by atoms with van der Waals surface area (Å²) in [5, 5.41) is 22.5. The molecule has 1 aliphatic heterocycles. The summed E-state index contributed by atoms with van der Waals surface area (Å²) in [6.07, 6.45) is 2.94.